The van der Waals surface area contributed by atoms with Gasteiger partial charge in [-0.1, -0.05) is 0 Å². The Balaban J connectivity index is 2.19. The molecule has 1 saturated heterocycles. The molecule has 2 N–H and O–H groups in total. The number of aromatic nitrogens is 2. The number of likely N-dealkylation sites (tertiary alicyclic amines) is 1. The Morgan fingerprint density at radius 2 is 2.21 bits per heavy atom. The van der Waals surface area contributed by atoms with Crippen LogP contribution in [0.2, 0.25) is 0 Å². The predicted octanol–water partition coefficient (Wildman–Crippen LogP) is -0.983. The summed E-state index contributed by atoms with van der Waals surface area (Å²) in [7, 11) is -1.66. The molecule has 1 fully saturated rings. The van der Waals surface area contributed by atoms with Crippen LogP contribution in [0.25, 0.3) is 0 Å². The highest BCUT2D eigenvalue weighted by molar-refractivity contribution is 7.89. The molecule has 7 heteroatoms. The average molecular weight is 216 g/mol. The van der Waals surface area contributed by atoms with E-state index in [1.807, 2.05) is 7.05 Å². The molecule has 0 bridgehead atoms. The zero-order valence-corrected chi connectivity index (χ0v) is 8.61. The summed E-state index contributed by atoms with van der Waals surface area (Å²) in [6.45, 7) is 1.79. The second kappa shape index (κ2) is 3.04. The maximum Gasteiger partial charge on any atom is 0.257 e. The first kappa shape index (κ1) is 9.63. The Labute approximate surface area is 82.4 Å². The lowest BCUT2D eigenvalue weighted by Crippen LogP contribution is -2.45. The molecular formula is C7H12N4O2S. The van der Waals surface area contributed by atoms with Gasteiger partial charge in [-0.15, -0.1) is 0 Å². The summed E-state index contributed by atoms with van der Waals surface area (Å²) in [5, 5.41) is 8.80. The molecule has 2 heterocycles. The third-order valence-electron chi connectivity index (χ3n) is 2.29. The second-order valence-corrected chi connectivity index (χ2v) is 5.06. The Morgan fingerprint density at radius 3 is 2.64 bits per heavy atom. The molecule has 6 nitrogen and oxygen atoms in total. The molecule has 0 spiro atoms. The number of likely N-dealkylation sites (N-methyl/N-ethyl adjacent to an activating group) is 1. The summed E-state index contributed by atoms with van der Waals surface area (Å²) in [5.74, 6) is 0. The third-order valence-corrected chi connectivity index (χ3v) is 3.10. The average Bonchev–Trinajstić information content (AvgIpc) is 2.45. The highest BCUT2D eigenvalue weighted by Gasteiger charge is 2.26. The van der Waals surface area contributed by atoms with E-state index in [1.165, 1.54) is 6.07 Å². The van der Waals surface area contributed by atoms with Crippen LogP contribution in [0.5, 0.6) is 0 Å². The molecule has 1 aromatic rings. The van der Waals surface area contributed by atoms with E-state index in [1.54, 1.807) is 10.9 Å². The van der Waals surface area contributed by atoms with Gasteiger partial charge in [0.25, 0.3) is 10.0 Å². The predicted molar refractivity (Wildman–Crippen MR) is 50.1 cm³/mol. The van der Waals surface area contributed by atoms with Crippen molar-refractivity contribution in [2.24, 2.45) is 5.14 Å². The Bertz CT molecular complexity index is 432. The molecule has 0 unspecified atom stereocenters. The van der Waals surface area contributed by atoms with E-state index in [4.69, 9.17) is 5.14 Å². The van der Waals surface area contributed by atoms with Crippen molar-refractivity contribution >= 4 is 10.0 Å². The van der Waals surface area contributed by atoms with Crippen LogP contribution >= 0.6 is 0 Å². The highest BCUT2D eigenvalue weighted by atomic mass is 32.2. The fourth-order valence-electron chi connectivity index (χ4n) is 1.51. The first-order valence-electron chi connectivity index (χ1n) is 4.23. The summed E-state index contributed by atoms with van der Waals surface area (Å²) < 4.78 is 23.5. The Morgan fingerprint density at radius 1 is 1.57 bits per heavy atom. The highest BCUT2D eigenvalue weighted by Crippen LogP contribution is 2.18. The van der Waals surface area contributed by atoms with Crippen LogP contribution in [0.4, 0.5) is 0 Å². The molecule has 0 saturated carbocycles. The number of sulfonamides is 1. The van der Waals surface area contributed by atoms with E-state index in [9.17, 15) is 8.42 Å². The van der Waals surface area contributed by atoms with Crippen molar-refractivity contribution in [3.8, 4) is 0 Å². The van der Waals surface area contributed by atoms with Gasteiger partial charge >= 0.3 is 0 Å². The first-order chi connectivity index (χ1) is 6.47. The number of hydrogen-bond acceptors (Lipinski definition) is 4. The summed E-state index contributed by atoms with van der Waals surface area (Å²) in [4.78, 5) is 2.13. The molecule has 0 amide bonds. The van der Waals surface area contributed by atoms with Crippen molar-refractivity contribution in [3.63, 3.8) is 0 Å². The lowest BCUT2D eigenvalue weighted by Gasteiger charge is -2.36. The summed E-state index contributed by atoms with van der Waals surface area (Å²) in [6, 6.07) is 1.70. The van der Waals surface area contributed by atoms with Gasteiger partial charge in [0.15, 0.2) is 5.03 Å². The van der Waals surface area contributed by atoms with Gasteiger partial charge in [0.1, 0.15) is 0 Å². The SMILES string of the molecule is CN1CC(n2ccc(S(N)(=O)=O)n2)C1. The van der Waals surface area contributed by atoms with Crippen molar-refractivity contribution in [2.45, 2.75) is 11.1 Å². The molecule has 0 aliphatic carbocycles. The molecule has 14 heavy (non-hydrogen) atoms. The minimum absolute atomic E-state index is 0.0629. The van der Waals surface area contributed by atoms with Gasteiger partial charge in [0, 0.05) is 19.3 Å². The van der Waals surface area contributed by atoms with Gasteiger partial charge in [0.2, 0.25) is 0 Å². The van der Waals surface area contributed by atoms with E-state index in [0.29, 0.717) is 0 Å². The van der Waals surface area contributed by atoms with Crippen molar-refractivity contribution in [3.05, 3.63) is 12.3 Å². The van der Waals surface area contributed by atoms with Gasteiger partial charge in [-0.2, -0.15) is 5.10 Å². The van der Waals surface area contributed by atoms with E-state index in [-0.39, 0.29) is 11.1 Å². The molecule has 0 atom stereocenters. The molecule has 78 valence electrons. The van der Waals surface area contributed by atoms with Crippen LogP contribution in [0.1, 0.15) is 6.04 Å². The van der Waals surface area contributed by atoms with E-state index in [0.717, 1.165) is 13.1 Å². The second-order valence-electron chi connectivity index (χ2n) is 3.55. The molecule has 2 rings (SSSR count). The molecule has 1 aliphatic heterocycles. The van der Waals surface area contributed by atoms with Crippen LogP contribution in [-0.2, 0) is 10.0 Å². The molecule has 0 radical (unpaired) electrons. The summed E-state index contributed by atoms with van der Waals surface area (Å²) in [6.07, 6.45) is 1.65. The zero-order valence-electron chi connectivity index (χ0n) is 7.79. The number of rotatable bonds is 2. The van der Waals surface area contributed by atoms with E-state index >= 15 is 0 Å². The van der Waals surface area contributed by atoms with Crippen LogP contribution in [0, 0.1) is 0 Å². The van der Waals surface area contributed by atoms with Gasteiger partial charge < -0.3 is 4.90 Å². The quantitative estimate of drug-likeness (QED) is 0.688. The summed E-state index contributed by atoms with van der Waals surface area (Å²) >= 11 is 0. The summed E-state index contributed by atoms with van der Waals surface area (Å²) in [5.41, 5.74) is 0. The largest absolute Gasteiger partial charge is 0.302 e. The van der Waals surface area contributed by atoms with Crippen molar-refractivity contribution in [1.29, 1.82) is 0 Å². The van der Waals surface area contributed by atoms with Gasteiger partial charge in [-0.05, 0) is 13.1 Å². The van der Waals surface area contributed by atoms with E-state index < -0.39 is 10.0 Å². The molecule has 1 aromatic heterocycles. The lowest BCUT2D eigenvalue weighted by molar-refractivity contribution is 0.129. The molecular weight excluding hydrogens is 204 g/mol. The maximum absolute atomic E-state index is 10.9. The minimum Gasteiger partial charge on any atom is -0.302 e. The smallest absolute Gasteiger partial charge is 0.257 e. The fraction of sp³-hybridized carbons (Fsp3) is 0.571. The number of hydrogen-bond donors (Lipinski definition) is 1. The number of nitrogens with two attached hydrogens (primary N) is 1. The van der Waals surface area contributed by atoms with E-state index in [2.05, 4.69) is 10.00 Å². The molecule has 1 aliphatic rings. The normalized spacial score (nSPS) is 19.6. The van der Waals surface area contributed by atoms with Gasteiger partial charge in [-0.25, -0.2) is 13.6 Å². The van der Waals surface area contributed by atoms with Crippen molar-refractivity contribution in [2.75, 3.05) is 20.1 Å². The minimum atomic E-state index is -3.66. The Hall–Kier alpha value is -0.920. The molecule has 0 aromatic carbocycles. The maximum atomic E-state index is 10.9. The van der Waals surface area contributed by atoms with Crippen LogP contribution in [-0.4, -0.2) is 43.2 Å². The number of nitrogens with zero attached hydrogens (tertiary/aromatic N) is 3. The lowest BCUT2D eigenvalue weighted by atomic mass is 10.1. The van der Waals surface area contributed by atoms with Gasteiger partial charge in [-0.3, -0.25) is 4.68 Å². The van der Waals surface area contributed by atoms with Crippen molar-refractivity contribution < 1.29 is 8.42 Å². The standard InChI is InChI=1S/C7H12N4O2S/c1-10-4-6(5-10)11-3-2-7(9-11)14(8,12)13/h2-3,6H,4-5H2,1H3,(H2,8,12,13). The third kappa shape index (κ3) is 1.66. The Kier molecular flexibility index (Phi) is 2.09. The monoisotopic (exact) mass is 216 g/mol. The van der Waals surface area contributed by atoms with Crippen LogP contribution < -0.4 is 5.14 Å². The zero-order chi connectivity index (χ0) is 10.3. The van der Waals surface area contributed by atoms with Crippen LogP contribution in [0.15, 0.2) is 17.3 Å². The fourth-order valence-corrected chi connectivity index (χ4v) is 1.97. The topological polar surface area (TPSA) is 81.2 Å². The first-order valence-corrected chi connectivity index (χ1v) is 5.78. The number of primary sulfonamides is 1. The van der Waals surface area contributed by atoms with Crippen LogP contribution in [0.3, 0.4) is 0 Å². The van der Waals surface area contributed by atoms with Crippen molar-refractivity contribution in [1.82, 2.24) is 14.7 Å². The van der Waals surface area contributed by atoms with Gasteiger partial charge in [0.05, 0.1) is 6.04 Å².